The third kappa shape index (κ3) is 2.78. The first-order valence-corrected chi connectivity index (χ1v) is 8.32. The molecule has 1 N–H and O–H groups in total. The number of anilines is 1. The Hall–Kier alpha value is -2.11. The molecule has 1 amide bonds. The first kappa shape index (κ1) is 14.5. The summed E-state index contributed by atoms with van der Waals surface area (Å²) in [7, 11) is 0. The van der Waals surface area contributed by atoms with E-state index in [1.54, 1.807) is 6.20 Å². The van der Waals surface area contributed by atoms with Crippen LogP contribution in [0.3, 0.4) is 0 Å². The highest BCUT2D eigenvalue weighted by Gasteiger charge is 2.36. The average Bonchev–Trinajstić information content (AvgIpc) is 3.14. The maximum absolute atomic E-state index is 12.2. The van der Waals surface area contributed by atoms with Crippen molar-refractivity contribution in [1.29, 1.82) is 0 Å². The van der Waals surface area contributed by atoms with E-state index in [0.29, 0.717) is 5.92 Å². The Morgan fingerprint density at radius 3 is 2.70 bits per heavy atom. The molecule has 0 atom stereocenters. The molecular formula is C17H23N5O. The van der Waals surface area contributed by atoms with E-state index in [9.17, 15) is 4.79 Å². The first-order valence-electron chi connectivity index (χ1n) is 8.32. The van der Waals surface area contributed by atoms with Crippen molar-refractivity contribution in [3.8, 4) is 0 Å². The number of nitrogens with zero attached hydrogens (tertiary/aromatic N) is 4. The van der Waals surface area contributed by atoms with Gasteiger partial charge >= 0.3 is 0 Å². The van der Waals surface area contributed by atoms with Crippen molar-refractivity contribution in [2.24, 2.45) is 5.92 Å². The van der Waals surface area contributed by atoms with E-state index in [4.69, 9.17) is 0 Å². The zero-order valence-corrected chi connectivity index (χ0v) is 13.9. The minimum Gasteiger partial charge on any atom is -0.353 e. The second-order valence-electron chi connectivity index (χ2n) is 7.77. The quantitative estimate of drug-likeness (QED) is 0.941. The normalized spacial score (nSPS) is 19.0. The molecule has 0 aromatic carbocycles. The van der Waals surface area contributed by atoms with Gasteiger partial charge in [0, 0.05) is 36.9 Å². The van der Waals surface area contributed by atoms with E-state index < -0.39 is 0 Å². The number of fused-ring (bicyclic) bond motifs is 1. The van der Waals surface area contributed by atoms with E-state index >= 15 is 0 Å². The largest absolute Gasteiger partial charge is 0.353 e. The second-order valence-corrected chi connectivity index (χ2v) is 7.77. The van der Waals surface area contributed by atoms with Gasteiger partial charge in [0.1, 0.15) is 5.52 Å². The molecule has 122 valence electrons. The number of rotatable bonds is 3. The fraction of sp³-hybridized carbons (Fsp3) is 0.588. The molecule has 6 heteroatoms. The Bertz CT molecular complexity index is 750. The predicted molar refractivity (Wildman–Crippen MR) is 88.6 cm³/mol. The number of nitrogens with one attached hydrogen (secondary N) is 1. The summed E-state index contributed by atoms with van der Waals surface area (Å²) >= 11 is 0. The average molecular weight is 313 g/mol. The van der Waals surface area contributed by atoms with Gasteiger partial charge in [-0.2, -0.15) is 5.10 Å². The van der Waals surface area contributed by atoms with Gasteiger partial charge in [0.15, 0.2) is 5.82 Å². The van der Waals surface area contributed by atoms with Gasteiger partial charge in [-0.3, -0.25) is 4.79 Å². The summed E-state index contributed by atoms with van der Waals surface area (Å²) in [5, 5.41) is 7.70. The molecule has 1 aliphatic carbocycles. The van der Waals surface area contributed by atoms with Crippen LogP contribution in [-0.2, 0) is 4.79 Å². The molecule has 1 saturated carbocycles. The van der Waals surface area contributed by atoms with Crippen LogP contribution in [-0.4, -0.2) is 39.1 Å². The lowest BCUT2D eigenvalue weighted by molar-refractivity contribution is -0.127. The van der Waals surface area contributed by atoms with E-state index in [1.807, 2.05) is 31.5 Å². The maximum Gasteiger partial charge on any atom is 0.227 e. The van der Waals surface area contributed by atoms with Crippen LogP contribution in [0.15, 0.2) is 18.5 Å². The molecule has 23 heavy (non-hydrogen) atoms. The third-order valence-corrected chi connectivity index (χ3v) is 4.43. The minimum atomic E-state index is -0.180. The SMILES string of the molecule is CC(C)(C)NC(=O)C1CN(c2nccn3nc(C4CC4)cc23)C1. The maximum atomic E-state index is 12.2. The van der Waals surface area contributed by atoms with Crippen LogP contribution in [0.4, 0.5) is 5.82 Å². The number of amides is 1. The number of carbonyl (C=O) groups excluding carboxylic acids is 1. The summed E-state index contributed by atoms with van der Waals surface area (Å²) in [6.45, 7) is 7.47. The van der Waals surface area contributed by atoms with Crippen LogP contribution in [0.2, 0.25) is 0 Å². The smallest absolute Gasteiger partial charge is 0.227 e. The Morgan fingerprint density at radius 1 is 1.30 bits per heavy atom. The third-order valence-electron chi connectivity index (χ3n) is 4.43. The van der Waals surface area contributed by atoms with Gasteiger partial charge in [0.2, 0.25) is 5.91 Å². The fourth-order valence-electron chi connectivity index (χ4n) is 3.04. The van der Waals surface area contributed by atoms with E-state index in [2.05, 4.69) is 26.4 Å². The van der Waals surface area contributed by atoms with Crippen LogP contribution in [0.5, 0.6) is 0 Å². The number of carbonyl (C=O) groups is 1. The van der Waals surface area contributed by atoms with Gasteiger partial charge in [-0.15, -0.1) is 0 Å². The highest BCUT2D eigenvalue weighted by atomic mass is 16.2. The lowest BCUT2D eigenvalue weighted by Gasteiger charge is -2.40. The minimum absolute atomic E-state index is 0.0436. The summed E-state index contributed by atoms with van der Waals surface area (Å²) in [5.41, 5.74) is 2.03. The number of aromatic nitrogens is 3. The predicted octanol–water partition coefficient (Wildman–Crippen LogP) is 1.96. The molecular weight excluding hydrogens is 290 g/mol. The van der Waals surface area contributed by atoms with Crippen LogP contribution in [0.25, 0.3) is 5.52 Å². The van der Waals surface area contributed by atoms with Crippen molar-refractivity contribution in [2.45, 2.75) is 45.1 Å². The molecule has 0 spiro atoms. The summed E-state index contributed by atoms with van der Waals surface area (Å²) < 4.78 is 1.92. The van der Waals surface area contributed by atoms with Crippen LogP contribution in [0.1, 0.15) is 45.2 Å². The summed E-state index contributed by atoms with van der Waals surface area (Å²) in [6.07, 6.45) is 6.17. The zero-order chi connectivity index (χ0) is 16.2. The van der Waals surface area contributed by atoms with E-state index in [0.717, 1.165) is 24.4 Å². The molecule has 1 aliphatic heterocycles. The van der Waals surface area contributed by atoms with Crippen molar-refractivity contribution in [3.63, 3.8) is 0 Å². The van der Waals surface area contributed by atoms with Gasteiger partial charge in [-0.1, -0.05) is 0 Å². The van der Waals surface area contributed by atoms with Gasteiger partial charge in [-0.25, -0.2) is 9.50 Å². The molecule has 0 bridgehead atoms. The number of hydrogen-bond acceptors (Lipinski definition) is 4. The topological polar surface area (TPSA) is 62.5 Å². The van der Waals surface area contributed by atoms with E-state index in [1.165, 1.54) is 18.5 Å². The van der Waals surface area contributed by atoms with Crippen molar-refractivity contribution in [3.05, 3.63) is 24.2 Å². The van der Waals surface area contributed by atoms with Crippen LogP contribution >= 0.6 is 0 Å². The molecule has 6 nitrogen and oxygen atoms in total. The second kappa shape index (κ2) is 4.94. The first-order chi connectivity index (χ1) is 10.9. The Balaban J connectivity index is 1.50. The summed E-state index contributed by atoms with van der Waals surface area (Å²) in [5.74, 6) is 1.74. The monoisotopic (exact) mass is 313 g/mol. The highest BCUT2D eigenvalue weighted by molar-refractivity contribution is 5.83. The van der Waals surface area contributed by atoms with Gasteiger partial charge in [0.05, 0.1) is 11.6 Å². The Labute approximate surface area is 135 Å². The molecule has 0 unspecified atom stereocenters. The van der Waals surface area contributed by atoms with Crippen molar-refractivity contribution in [1.82, 2.24) is 19.9 Å². The summed E-state index contributed by atoms with van der Waals surface area (Å²) in [6, 6.07) is 2.16. The molecule has 3 heterocycles. The number of hydrogen-bond donors (Lipinski definition) is 1. The molecule has 4 rings (SSSR count). The van der Waals surface area contributed by atoms with Crippen molar-refractivity contribution >= 4 is 17.2 Å². The zero-order valence-electron chi connectivity index (χ0n) is 13.9. The summed E-state index contributed by atoms with van der Waals surface area (Å²) in [4.78, 5) is 18.9. The van der Waals surface area contributed by atoms with Crippen molar-refractivity contribution < 1.29 is 4.79 Å². The lowest BCUT2D eigenvalue weighted by atomic mass is 9.97. The van der Waals surface area contributed by atoms with Gasteiger partial charge in [-0.05, 0) is 39.7 Å². The molecule has 1 saturated heterocycles. The van der Waals surface area contributed by atoms with E-state index in [-0.39, 0.29) is 17.4 Å². The molecule has 2 aliphatic rings. The lowest BCUT2D eigenvalue weighted by Crippen LogP contribution is -2.56. The molecule has 2 aromatic heterocycles. The molecule has 0 radical (unpaired) electrons. The van der Waals surface area contributed by atoms with Crippen molar-refractivity contribution in [2.75, 3.05) is 18.0 Å². The highest BCUT2D eigenvalue weighted by Crippen LogP contribution is 2.40. The Morgan fingerprint density at radius 2 is 2.04 bits per heavy atom. The van der Waals surface area contributed by atoms with Crippen LogP contribution in [0, 0.1) is 5.92 Å². The Kier molecular flexibility index (Phi) is 3.11. The molecule has 2 aromatic rings. The fourth-order valence-corrected chi connectivity index (χ4v) is 3.04. The molecule has 2 fully saturated rings. The standard InChI is InChI=1S/C17H23N5O/c1-17(2,3)19-16(23)12-9-21(10-12)15-14-8-13(11-4-5-11)20-22(14)7-6-18-15/h6-8,11-12H,4-5,9-10H2,1-3H3,(H,19,23). The van der Waals surface area contributed by atoms with Crippen LogP contribution < -0.4 is 10.2 Å². The van der Waals surface area contributed by atoms with Gasteiger partial charge in [0.25, 0.3) is 0 Å². The van der Waals surface area contributed by atoms with Gasteiger partial charge < -0.3 is 10.2 Å².